The molecule has 0 aromatic carbocycles. The Bertz CT molecular complexity index is 126. The van der Waals surface area contributed by atoms with Crippen molar-refractivity contribution < 1.29 is 9.90 Å². The summed E-state index contributed by atoms with van der Waals surface area (Å²) in [5.41, 5.74) is 0. The Balaban J connectivity index is 3.22. The van der Waals surface area contributed by atoms with Crippen LogP contribution in [-0.2, 0) is 4.79 Å². The van der Waals surface area contributed by atoms with E-state index in [0.29, 0.717) is 13.0 Å². The first-order valence-corrected chi connectivity index (χ1v) is 4.26. The van der Waals surface area contributed by atoms with Crippen LogP contribution in [0.4, 0.5) is 0 Å². The second kappa shape index (κ2) is 7.06. The fourth-order valence-electron chi connectivity index (χ4n) is 0.776. The van der Waals surface area contributed by atoms with Gasteiger partial charge in [-0.15, -0.1) is 0 Å². The van der Waals surface area contributed by atoms with E-state index in [4.69, 9.17) is 5.11 Å². The van der Waals surface area contributed by atoms with E-state index in [1.165, 1.54) is 0 Å². The SMILES string of the molecule is CNCCCC(=O)NC[C@H](C)O. The molecule has 4 nitrogen and oxygen atoms in total. The molecular weight excluding hydrogens is 156 g/mol. The van der Waals surface area contributed by atoms with E-state index >= 15 is 0 Å². The zero-order valence-electron chi connectivity index (χ0n) is 7.76. The third-order valence-corrected chi connectivity index (χ3v) is 1.43. The van der Waals surface area contributed by atoms with E-state index in [1.54, 1.807) is 6.92 Å². The summed E-state index contributed by atoms with van der Waals surface area (Å²) in [4.78, 5) is 11.0. The summed E-state index contributed by atoms with van der Waals surface area (Å²) in [6.45, 7) is 2.84. The molecule has 4 heteroatoms. The van der Waals surface area contributed by atoms with Crippen molar-refractivity contribution in [3.8, 4) is 0 Å². The Morgan fingerprint density at radius 2 is 2.25 bits per heavy atom. The van der Waals surface area contributed by atoms with Gasteiger partial charge in [0, 0.05) is 13.0 Å². The summed E-state index contributed by atoms with van der Waals surface area (Å²) < 4.78 is 0. The second-order valence-corrected chi connectivity index (χ2v) is 2.86. The summed E-state index contributed by atoms with van der Waals surface area (Å²) >= 11 is 0. The molecule has 0 fully saturated rings. The van der Waals surface area contributed by atoms with Crippen LogP contribution >= 0.6 is 0 Å². The van der Waals surface area contributed by atoms with E-state index < -0.39 is 6.10 Å². The summed E-state index contributed by atoms with van der Waals surface area (Å²) in [5.74, 6) is 0.00569. The molecule has 0 spiro atoms. The summed E-state index contributed by atoms with van der Waals surface area (Å²) in [6.07, 6.45) is 0.897. The third kappa shape index (κ3) is 7.50. The fourth-order valence-corrected chi connectivity index (χ4v) is 0.776. The van der Waals surface area contributed by atoms with Crippen LogP contribution in [0.15, 0.2) is 0 Å². The normalized spacial score (nSPS) is 12.6. The van der Waals surface area contributed by atoms with Crippen molar-refractivity contribution in [2.45, 2.75) is 25.9 Å². The van der Waals surface area contributed by atoms with Crippen LogP contribution in [0, 0.1) is 0 Å². The second-order valence-electron chi connectivity index (χ2n) is 2.86. The molecule has 0 aliphatic carbocycles. The van der Waals surface area contributed by atoms with E-state index in [0.717, 1.165) is 13.0 Å². The van der Waals surface area contributed by atoms with Gasteiger partial charge in [-0.05, 0) is 26.9 Å². The van der Waals surface area contributed by atoms with Gasteiger partial charge in [0.25, 0.3) is 0 Å². The molecule has 0 saturated heterocycles. The van der Waals surface area contributed by atoms with Crippen molar-refractivity contribution in [2.75, 3.05) is 20.1 Å². The van der Waals surface area contributed by atoms with Gasteiger partial charge in [0.1, 0.15) is 0 Å². The van der Waals surface area contributed by atoms with E-state index in [2.05, 4.69) is 10.6 Å². The van der Waals surface area contributed by atoms with Gasteiger partial charge in [-0.1, -0.05) is 0 Å². The summed E-state index contributed by atoms with van der Waals surface area (Å²) in [7, 11) is 1.85. The van der Waals surface area contributed by atoms with Gasteiger partial charge in [0.15, 0.2) is 0 Å². The minimum Gasteiger partial charge on any atom is -0.392 e. The number of hydrogen-bond acceptors (Lipinski definition) is 3. The van der Waals surface area contributed by atoms with Crippen LogP contribution in [0.5, 0.6) is 0 Å². The standard InChI is InChI=1S/C8H18N2O2/c1-7(11)6-10-8(12)4-3-5-9-2/h7,9,11H,3-6H2,1-2H3,(H,10,12)/t7-/m0/s1. The van der Waals surface area contributed by atoms with E-state index in [1.807, 2.05) is 7.05 Å². The first-order valence-electron chi connectivity index (χ1n) is 4.26. The molecule has 72 valence electrons. The molecule has 1 amide bonds. The lowest BCUT2D eigenvalue weighted by molar-refractivity contribution is -0.121. The number of carbonyl (C=O) groups is 1. The highest BCUT2D eigenvalue weighted by Crippen LogP contribution is 1.86. The number of rotatable bonds is 6. The van der Waals surface area contributed by atoms with Crippen molar-refractivity contribution in [3.05, 3.63) is 0 Å². The van der Waals surface area contributed by atoms with Gasteiger partial charge in [-0.2, -0.15) is 0 Å². The van der Waals surface area contributed by atoms with Crippen LogP contribution in [0.3, 0.4) is 0 Å². The van der Waals surface area contributed by atoms with E-state index in [9.17, 15) is 4.79 Å². The lowest BCUT2D eigenvalue weighted by atomic mass is 10.3. The predicted molar refractivity (Wildman–Crippen MR) is 47.9 cm³/mol. The minimum absolute atomic E-state index is 0.00569. The molecule has 0 aromatic rings. The Hall–Kier alpha value is -0.610. The molecule has 0 unspecified atom stereocenters. The molecule has 12 heavy (non-hydrogen) atoms. The number of carbonyl (C=O) groups excluding carboxylic acids is 1. The molecule has 0 rings (SSSR count). The maximum atomic E-state index is 11.0. The Morgan fingerprint density at radius 3 is 2.75 bits per heavy atom. The average Bonchev–Trinajstić information content (AvgIpc) is 2.01. The lowest BCUT2D eigenvalue weighted by Crippen LogP contribution is -2.30. The van der Waals surface area contributed by atoms with Crippen molar-refractivity contribution in [3.63, 3.8) is 0 Å². The Labute approximate surface area is 73.3 Å². The average molecular weight is 174 g/mol. The van der Waals surface area contributed by atoms with E-state index in [-0.39, 0.29) is 5.91 Å². The number of amides is 1. The molecule has 1 atom stereocenters. The molecule has 3 N–H and O–H groups in total. The van der Waals surface area contributed by atoms with Gasteiger partial charge in [0.2, 0.25) is 5.91 Å². The van der Waals surface area contributed by atoms with Crippen molar-refractivity contribution in [2.24, 2.45) is 0 Å². The third-order valence-electron chi connectivity index (χ3n) is 1.43. The van der Waals surface area contributed by atoms with Gasteiger partial charge >= 0.3 is 0 Å². The Morgan fingerprint density at radius 1 is 1.58 bits per heavy atom. The van der Waals surface area contributed by atoms with Gasteiger partial charge in [-0.3, -0.25) is 4.79 Å². The molecule has 0 aliphatic rings. The molecule has 0 aromatic heterocycles. The molecular formula is C8H18N2O2. The number of hydrogen-bond donors (Lipinski definition) is 3. The highest BCUT2D eigenvalue weighted by Gasteiger charge is 2.01. The van der Waals surface area contributed by atoms with Crippen LogP contribution in [-0.4, -0.2) is 37.3 Å². The highest BCUT2D eigenvalue weighted by atomic mass is 16.3. The zero-order valence-corrected chi connectivity index (χ0v) is 7.76. The quantitative estimate of drug-likeness (QED) is 0.475. The Kier molecular flexibility index (Phi) is 6.70. The maximum absolute atomic E-state index is 11.0. The van der Waals surface area contributed by atoms with Crippen molar-refractivity contribution in [1.82, 2.24) is 10.6 Å². The largest absolute Gasteiger partial charge is 0.392 e. The van der Waals surface area contributed by atoms with Crippen LogP contribution < -0.4 is 10.6 Å². The van der Waals surface area contributed by atoms with Crippen LogP contribution in [0.25, 0.3) is 0 Å². The molecule has 0 saturated carbocycles. The smallest absolute Gasteiger partial charge is 0.220 e. The van der Waals surface area contributed by atoms with Crippen LogP contribution in [0.2, 0.25) is 0 Å². The predicted octanol–water partition coefficient (Wildman–Crippen LogP) is -0.517. The summed E-state index contributed by atoms with van der Waals surface area (Å²) in [5, 5.41) is 14.4. The van der Waals surface area contributed by atoms with Crippen molar-refractivity contribution >= 4 is 5.91 Å². The first-order chi connectivity index (χ1) is 5.66. The molecule has 0 radical (unpaired) electrons. The fraction of sp³-hybridized carbons (Fsp3) is 0.875. The van der Waals surface area contributed by atoms with Crippen LogP contribution in [0.1, 0.15) is 19.8 Å². The van der Waals surface area contributed by atoms with Gasteiger partial charge in [-0.25, -0.2) is 0 Å². The monoisotopic (exact) mass is 174 g/mol. The highest BCUT2D eigenvalue weighted by molar-refractivity contribution is 5.75. The molecule has 0 bridgehead atoms. The molecule has 0 aliphatic heterocycles. The summed E-state index contributed by atoms with van der Waals surface area (Å²) in [6, 6.07) is 0. The van der Waals surface area contributed by atoms with Gasteiger partial charge < -0.3 is 15.7 Å². The topological polar surface area (TPSA) is 61.4 Å². The maximum Gasteiger partial charge on any atom is 0.220 e. The minimum atomic E-state index is -0.460. The number of aliphatic hydroxyl groups is 1. The van der Waals surface area contributed by atoms with Gasteiger partial charge in [0.05, 0.1) is 6.10 Å². The van der Waals surface area contributed by atoms with Crippen molar-refractivity contribution in [1.29, 1.82) is 0 Å². The molecule has 0 heterocycles. The first kappa shape index (κ1) is 11.4. The zero-order chi connectivity index (χ0) is 9.40. The number of aliphatic hydroxyl groups excluding tert-OH is 1. The lowest BCUT2D eigenvalue weighted by Gasteiger charge is -2.06. The number of nitrogens with one attached hydrogen (secondary N) is 2.